The van der Waals surface area contributed by atoms with Crippen LogP contribution in [0.4, 0.5) is 4.79 Å². The minimum Gasteiger partial charge on any atom is -0.453 e. The molecule has 0 aliphatic carbocycles. The molecule has 0 saturated carbocycles. The number of benzene rings is 1. The molecule has 1 aliphatic heterocycles. The minimum atomic E-state index is -0.658. The lowest BCUT2D eigenvalue weighted by molar-refractivity contribution is -0.135. The normalized spacial score (nSPS) is 18.5. The number of nitrogens with zero attached hydrogens (tertiary/aromatic N) is 2. The van der Waals surface area contributed by atoms with Gasteiger partial charge < -0.3 is 19.9 Å². The summed E-state index contributed by atoms with van der Waals surface area (Å²) in [5.74, 6) is 0.905. The Morgan fingerprint density at radius 2 is 1.97 bits per heavy atom. The number of allylic oxidation sites excluding steroid dienone is 3. The topological polar surface area (TPSA) is 87.3 Å². The van der Waals surface area contributed by atoms with E-state index in [-0.39, 0.29) is 17.9 Å². The van der Waals surface area contributed by atoms with Crippen molar-refractivity contribution in [1.29, 1.82) is 0 Å². The van der Waals surface area contributed by atoms with E-state index < -0.39 is 12.1 Å². The highest BCUT2D eigenvalue weighted by atomic mass is 16.5. The van der Waals surface area contributed by atoms with E-state index in [1.54, 1.807) is 0 Å². The molecular weight excluding hydrogens is 476 g/mol. The number of alkyl carbamates (subject to hydrolysis) is 1. The number of rotatable bonds is 11. The lowest BCUT2D eigenvalue weighted by atomic mass is 9.94. The van der Waals surface area contributed by atoms with Crippen molar-refractivity contribution in [2.45, 2.75) is 78.8 Å². The molecule has 2 N–H and O–H groups in total. The Bertz CT molecular complexity index is 1130. The van der Waals surface area contributed by atoms with Gasteiger partial charge >= 0.3 is 6.09 Å². The second-order valence-electron chi connectivity index (χ2n) is 10.7. The first-order valence-electron chi connectivity index (χ1n) is 13.8. The van der Waals surface area contributed by atoms with Crippen molar-refractivity contribution in [1.82, 2.24) is 20.2 Å². The second-order valence-corrected chi connectivity index (χ2v) is 10.7. The second kappa shape index (κ2) is 13.4. The van der Waals surface area contributed by atoms with Crippen molar-refractivity contribution in [3.63, 3.8) is 0 Å². The van der Waals surface area contributed by atoms with Crippen LogP contribution in [0.15, 0.2) is 48.7 Å². The summed E-state index contributed by atoms with van der Waals surface area (Å²) in [6.07, 6.45) is 8.79. The van der Waals surface area contributed by atoms with Crippen LogP contribution in [0.2, 0.25) is 0 Å². The molecule has 1 aromatic carbocycles. The van der Waals surface area contributed by atoms with Gasteiger partial charge in [-0.3, -0.25) is 4.79 Å². The van der Waals surface area contributed by atoms with Crippen LogP contribution in [0.5, 0.6) is 0 Å². The third kappa shape index (κ3) is 6.94. The van der Waals surface area contributed by atoms with Crippen molar-refractivity contribution in [2.24, 2.45) is 11.8 Å². The highest BCUT2D eigenvalue weighted by Gasteiger charge is 2.40. The number of aromatic amines is 1. The van der Waals surface area contributed by atoms with E-state index >= 15 is 0 Å². The van der Waals surface area contributed by atoms with Crippen molar-refractivity contribution >= 4 is 17.6 Å². The van der Waals surface area contributed by atoms with Gasteiger partial charge in [0.15, 0.2) is 0 Å². The average molecular weight is 521 g/mol. The van der Waals surface area contributed by atoms with E-state index in [0.717, 1.165) is 41.9 Å². The van der Waals surface area contributed by atoms with Crippen LogP contribution in [0.25, 0.3) is 16.8 Å². The molecule has 1 fully saturated rings. The van der Waals surface area contributed by atoms with Crippen LogP contribution in [-0.2, 0) is 9.53 Å². The number of nitrogens with one attached hydrogen (secondary N) is 2. The Labute approximate surface area is 227 Å². The van der Waals surface area contributed by atoms with Gasteiger partial charge in [0, 0.05) is 6.54 Å². The summed E-state index contributed by atoms with van der Waals surface area (Å²) in [6.45, 7) is 15.2. The van der Waals surface area contributed by atoms with Gasteiger partial charge in [-0.15, -0.1) is 0 Å². The molecule has 1 aromatic heterocycles. The number of aromatic nitrogens is 2. The average Bonchev–Trinajstić information content (AvgIpc) is 3.54. The molecule has 0 radical (unpaired) electrons. The van der Waals surface area contributed by atoms with Crippen LogP contribution in [-0.4, -0.2) is 46.6 Å². The number of methoxy groups -OCH3 is 1. The number of hydrogen-bond acceptors (Lipinski definition) is 4. The standard InChI is InChI=1S/C31H44N4O3/c1-8-10-11-12-22(6)25(9-2)23-13-15-24(16-14-23)26-18-32-29(33-26)27-17-21(5)19-35(27)30(36)28(20(3)4)34-31(37)38-7/h9,13-16,18,20-21,27-28H,6,8,10-12,17,19H2,1-5,7H3,(H,32,33)(H,34,37). The van der Waals surface area contributed by atoms with E-state index in [9.17, 15) is 9.59 Å². The fourth-order valence-electron chi connectivity index (χ4n) is 5.21. The molecule has 38 heavy (non-hydrogen) atoms. The number of unbranched alkanes of at least 4 members (excludes halogenated alkanes) is 2. The fourth-order valence-corrected chi connectivity index (χ4v) is 5.21. The van der Waals surface area contributed by atoms with Gasteiger partial charge in [-0.2, -0.15) is 0 Å². The van der Waals surface area contributed by atoms with Gasteiger partial charge in [0.1, 0.15) is 11.9 Å². The third-order valence-electron chi connectivity index (χ3n) is 7.35. The number of carbonyl (C=O) groups is 2. The van der Waals surface area contributed by atoms with Crippen LogP contribution in [0, 0.1) is 11.8 Å². The van der Waals surface area contributed by atoms with Crippen molar-refractivity contribution in [3.8, 4) is 11.3 Å². The number of amides is 2. The number of H-pyrrole nitrogens is 1. The SMILES string of the molecule is C=C(CCCCC)C(=CC)c1ccc(-c2cnc(C3CC(C)CN3C(=O)C(NC(=O)OC)C(C)C)[nH]2)cc1. The molecule has 1 saturated heterocycles. The molecule has 1 aliphatic rings. The molecular formula is C31H44N4O3. The molecule has 7 nitrogen and oxygen atoms in total. The Kier molecular flexibility index (Phi) is 10.3. The number of likely N-dealkylation sites (tertiary alicyclic amines) is 1. The first-order valence-corrected chi connectivity index (χ1v) is 13.8. The molecule has 2 amide bonds. The Morgan fingerprint density at radius 1 is 1.26 bits per heavy atom. The maximum absolute atomic E-state index is 13.5. The minimum absolute atomic E-state index is 0.0754. The molecule has 2 heterocycles. The predicted octanol–water partition coefficient (Wildman–Crippen LogP) is 6.91. The largest absolute Gasteiger partial charge is 0.453 e. The lowest BCUT2D eigenvalue weighted by Gasteiger charge is -2.30. The molecule has 3 rings (SSSR count). The Balaban J connectivity index is 1.77. The first-order chi connectivity index (χ1) is 18.2. The summed E-state index contributed by atoms with van der Waals surface area (Å²) in [7, 11) is 1.30. The predicted molar refractivity (Wildman–Crippen MR) is 153 cm³/mol. The molecule has 206 valence electrons. The van der Waals surface area contributed by atoms with E-state index in [0.29, 0.717) is 12.5 Å². The fraction of sp³-hybridized carbons (Fsp3) is 0.516. The number of hydrogen-bond donors (Lipinski definition) is 2. The van der Waals surface area contributed by atoms with E-state index in [1.165, 1.54) is 31.1 Å². The van der Waals surface area contributed by atoms with Crippen LogP contribution < -0.4 is 5.32 Å². The maximum atomic E-state index is 13.5. The summed E-state index contributed by atoms with van der Waals surface area (Å²) in [5.41, 5.74) is 5.49. The number of imidazole rings is 1. The van der Waals surface area contributed by atoms with Crippen molar-refractivity contribution in [3.05, 3.63) is 60.1 Å². The van der Waals surface area contributed by atoms with Gasteiger partial charge in [0.2, 0.25) is 5.91 Å². The molecule has 3 unspecified atom stereocenters. The van der Waals surface area contributed by atoms with Crippen LogP contribution in [0.3, 0.4) is 0 Å². The molecule has 0 spiro atoms. The molecule has 0 bridgehead atoms. The van der Waals surface area contributed by atoms with Crippen molar-refractivity contribution < 1.29 is 14.3 Å². The molecule has 7 heteroatoms. The first kappa shape index (κ1) is 29.2. The summed E-state index contributed by atoms with van der Waals surface area (Å²) < 4.78 is 4.75. The third-order valence-corrected chi connectivity index (χ3v) is 7.35. The zero-order valence-electron chi connectivity index (χ0n) is 23.8. The zero-order chi connectivity index (χ0) is 27.8. The molecule has 3 atom stereocenters. The highest BCUT2D eigenvalue weighted by Crippen LogP contribution is 2.36. The highest BCUT2D eigenvalue weighted by molar-refractivity contribution is 5.86. The maximum Gasteiger partial charge on any atom is 0.407 e. The van der Waals surface area contributed by atoms with Crippen molar-refractivity contribution in [2.75, 3.05) is 13.7 Å². The summed E-state index contributed by atoms with van der Waals surface area (Å²) in [6, 6.07) is 7.64. The monoisotopic (exact) mass is 520 g/mol. The van der Waals surface area contributed by atoms with Gasteiger partial charge in [-0.1, -0.05) is 77.5 Å². The van der Waals surface area contributed by atoms with Gasteiger partial charge in [-0.25, -0.2) is 9.78 Å². The smallest absolute Gasteiger partial charge is 0.407 e. The van der Waals surface area contributed by atoms with Gasteiger partial charge in [0.25, 0.3) is 0 Å². The van der Waals surface area contributed by atoms with E-state index in [4.69, 9.17) is 4.74 Å². The summed E-state index contributed by atoms with van der Waals surface area (Å²) in [5, 5.41) is 2.71. The molecule has 2 aromatic rings. The number of ether oxygens (including phenoxy) is 1. The van der Waals surface area contributed by atoms with E-state index in [1.807, 2.05) is 24.9 Å². The quantitative estimate of drug-likeness (QED) is 0.249. The Morgan fingerprint density at radius 3 is 2.58 bits per heavy atom. The Hall–Kier alpha value is -3.35. The van der Waals surface area contributed by atoms with Crippen LogP contribution >= 0.6 is 0 Å². The van der Waals surface area contributed by atoms with Gasteiger partial charge in [0.05, 0.1) is 25.0 Å². The lowest BCUT2D eigenvalue weighted by Crippen LogP contribution is -2.51. The summed E-state index contributed by atoms with van der Waals surface area (Å²) >= 11 is 0. The zero-order valence-corrected chi connectivity index (χ0v) is 23.8. The van der Waals surface area contributed by atoms with E-state index in [2.05, 4.69) is 73.0 Å². The van der Waals surface area contributed by atoms with Crippen LogP contribution in [0.1, 0.15) is 84.2 Å². The number of carbonyl (C=O) groups excluding carboxylic acids is 2. The van der Waals surface area contributed by atoms with Gasteiger partial charge in [-0.05, 0) is 60.3 Å². The summed E-state index contributed by atoms with van der Waals surface area (Å²) in [4.78, 5) is 35.4.